The van der Waals surface area contributed by atoms with Crippen molar-refractivity contribution in [2.24, 2.45) is 0 Å². The average Bonchev–Trinajstić information content (AvgIpc) is 2.60. The first-order valence-electron chi connectivity index (χ1n) is 8.76. The van der Waals surface area contributed by atoms with E-state index in [2.05, 4.69) is 20.7 Å². The summed E-state index contributed by atoms with van der Waals surface area (Å²) in [5.41, 5.74) is 0.558. The molecule has 2 aromatic carbocycles. The zero-order valence-electron chi connectivity index (χ0n) is 15.8. The molecule has 2 aromatic rings. The molecule has 3 rings (SSSR count). The maximum atomic E-state index is 14.7. The zero-order valence-corrected chi connectivity index (χ0v) is 18.2. The van der Waals surface area contributed by atoms with Crippen LogP contribution in [0.1, 0.15) is 13.8 Å². The van der Waals surface area contributed by atoms with Crippen molar-refractivity contribution in [3.05, 3.63) is 46.7 Å². The normalized spacial score (nSPS) is 20.1. The molecule has 0 bridgehead atoms. The third-order valence-corrected chi connectivity index (χ3v) is 6.27. The van der Waals surface area contributed by atoms with Gasteiger partial charge in [0.15, 0.2) is 0 Å². The summed E-state index contributed by atoms with van der Waals surface area (Å²) in [5, 5.41) is 0. The number of hydrogen-bond donors (Lipinski definition) is 1. The van der Waals surface area contributed by atoms with E-state index < -0.39 is 15.8 Å². The third-order valence-electron chi connectivity index (χ3n) is 4.38. The highest BCUT2D eigenvalue weighted by molar-refractivity contribution is 9.10. The van der Waals surface area contributed by atoms with Gasteiger partial charge in [0.2, 0.25) is 0 Å². The smallest absolute Gasteiger partial charge is 0.265 e. The number of rotatable bonds is 5. The predicted octanol–water partition coefficient (Wildman–Crippen LogP) is 4.01. The molecule has 152 valence electrons. The molecular weight excluding hydrogens is 451 g/mol. The Morgan fingerprint density at radius 3 is 2.46 bits per heavy atom. The minimum atomic E-state index is -3.96. The Labute approximate surface area is 172 Å². The lowest BCUT2D eigenvalue weighted by atomic mass is 10.2. The zero-order chi connectivity index (χ0) is 20.5. The van der Waals surface area contributed by atoms with Gasteiger partial charge in [-0.05, 0) is 44.2 Å². The van der Waals surface area contributed by atoms with Crippen LogP contribution in [-0.2, 0) is 14.8 Å². The summed E-state index contributed by atoms with van der Waals surface area (Å²) in [5.74, 6) is -0.299. The first-order chi connectivity index (χ1) is 13.2. The van der Waals surface area contributed by atoms with Gasteiger partial charge in [-0.2, -0.15) is 0 Å². The lowest BCUT2D eigenvalue weighted by Gasteiger charge is -2.37. The van der Waals surface area contributed by atoms with Crippen molar-refractivity contribution >= 4 is 37.3 Å². The van der Waals surface area contributed by atoms with E-state index >= 15 is 0 Å². The van der Waals surface area contributed by atoms with Crippen LogP contribution >= 0.6 is 15.9 Å². The van der Waals surface area contributed by atoms with Crippen molar-refractivity contribution in [2.75, 3.05) is 29.8 Å². The van der Waals surface area contributed by atoms with E-state index in [1.807, 2.05) is 18.7 Å². The largest absolute Gasteiger partial charge is 0.495 e. The molecule has 2 atom stereocenters. The second kappa shape index (κ2) is 8.26. The maximum absolute atomic E-state index is 14.7. The van der Waals surface area contributed by atoms with Gasteiger partial charge in [0.1, 0.15) is 16.5 Å². The maximum Gasteiger partial charge on any atom is 0.265 e. The van der Waals surface area contributed by atoms with Gasteiger partial charge in [-0.1, -0.05) is 15.9 Å². The fourth-order valence-electron chi connectivity index (χ4n) is 3.27. The van der Waals surface area contributed by atoms with Gasteiger partial charge in [0.25, 0.3) is 10.0 Å². The monoisotopic (exact) mass is 472 g/mol. The number of methoxy groups -OCH3 is 1. The first kappa shape index (κ1) is 20.9. The van der Waals surface area contributed by atoms with Gasteiger partial charge in [0, 0.05) is 23.6 Å². The molecule has 0 amide bonds. The van der Waals surface area contributed by atoms with Crippen LogP contribution < -0.4 is 14.4 Å². The molecule has 1 aliphatic heterocycles. The molecule has 0 radical (unpaired) electrons. The van der Waals surface area contributed by atoms with E-state index in [9.17, 15) is 12.8 Å². The highest BCUT2D eigenvalue weighted by atomic mass is 79.9. The summed E-state index contributed by atoms with van der Waals surface area (Å²) in [7, 11) is -2.57. The van der Waals surface area contributed by atoms with Gasteiger partial charge in [-0.3, -0.25) is 4.72 Å². The van der Waals surface area contributed by atoms with Gasteiger partial charge >= 0.3 is 0 Å². The summed E-state index contributed by atoms with van der Waals surface area (Å²) < 4.78 is 54.1. The molecule has 28 heavy (non-hydrogen) atoms. The fraction of sp³-hybridized carbons (Fsp3) is 0.368. The number of ether oxygens (including phenoxy) is 2. The second-order valence-electron chi connectivity index (χ2n) is 6.73. The molecule has 0 saturated carbocycles. The van der Waals surface area contributed by atoms with Crippen molar-refractivity contribution in [2.45, 2.75) is 31.0 Å². The molecule has 1 aliphatic rings. The molecule has 0 aliphatic carbocycles. The number of nitrogens with zero attached hydrogens (tertiary/aromatic N) is 1. The second-order valence-corrected chi connectivity index (χ2v) is 9.30. The molecule has 6 nitrogen and oxygen atoms in total. The van der Waals surface area contributed by atoms with E-state index in [1.54, 1.807) is 24.3 Å². The predicted molar refractivity (Wildman–Crippen MR) is 110 cm³/mol. The molecule has 9 heteroatoms. The van der Waals surface area contributed by atoms with Crippen LogP contribution in [0.4, 0.5) is 15.8 Å². The fourth-order valence-corrected chi connectivity index (χ4v) is 5.03. The first-order valence-corrected chi connectivity index (χ1v) is 11.0. The lowest BCUT2D eigenvalue weighted by Crippen LogP contribution is -2.45. The van der Waals surface area contributed by atoms with Crippen LogP contribution in [0.5, 0.6) is 5.75 Å². The minimum absolute atomic E-state index is 0.00896. The summed E-state index contributed by atoms with van der Waals surface area (Å²) >= 11 is 3.25. The van der Waals surface area contributed by atoms with E-state index in [1.165, 1.54) is 19.2 Å². The topological polar surface area (TPSA) is 67.9 Å². The van der Waals surface area contributed by atoms with Crippen LogP contribution in [0.15, 0.2) is 45.8 Å². The molecule has 0 aromatic heterocycles. The van der Waals surface area contributed by atoms with Crippen LogP contribution in [0.3, 0.4) is 0 Å². The lowest BCUT2D eigenvalue weighted by molar-refractivity contribution is -0.00539. The number of benzene rings is 2. The van der Waals surface area contributed by atoms with Gasteiger partial charge < -0.3 is 14.4 Å². The van der Waals surface area contributed by atoms with Gasteiger partial charge in [-0.15, -0.1) is 0 Å². The average molecular weight is 473 g/mol. The Morgan fingerprint density at radius 2 is 1.86 bits per heavy atom. The Morgan fingerprint density at radius 1 is 1.18 bits per heavy atom. The number of nitrogens with one attached hydrogen (secondary N) is 1. The molecule has 2 unspecified atom stereocenters. The molecule has 1 N–H and O–H groups in total. The molecule has 0 spiro atoms. The van der Waals surface area contributed by atoms with Crippen LogP contribution in [-0.4, -0.2) is 40.8 Å². The number of anilines is 2. The van der Waals surface area contributed by atoms with Gasteiger partial charge in [0.05, 0.1) is 30.7 Å². The Hall–Kier alpha value is -1.84. The number of morpholine rings is 1. The van der Waals surface area contributed by atoms with E-state index in [4.69, 9.17) is 9.47 Å². The van der Waals surface area contributed by atoms with E-state index in [0.29, 0.717) is 23.2 Å². The quantitative estimate of drug-likeness (QED) is 0.711. The van der Waals surface area contributed by atoms with Gasteiger partial charge in [-0.25, -0.2) is 12.8 Å². The van der Waals surface area contributed by atoms with Crippen molar-refractivity contribution < 1.29 is 22.3 Å². The number of halogens is 2. The Bertz CT molecular complexity index is 960. The van der Waals surface area contributed by atoms with Crippen molar-refractivity contribution in [1.29, 1.82) is 0 Å². The summed E-state index contributed by atoms with van der Waals surface area (Å²) in [6.07, 6.45) is -0.0179. The Kier molecular flexibility index (Phi) is 6.16. The summed E-state index contributed by atoms with van der Waals surface area (Å²) in [6.45, 7) is 5.02. The summed E-state index contributed by atoms with van der Waals surface area (Å²) in [6, 6.07) is 8.96. The molecule has 1 saturated heterocycles. The number of hydrogen-bond acceptors (Lipinski definition) is 5. The highest BCUT2D eigenvalue weighted by Gasteiger charge is 2.25. The molecular formula is C19H22BrFN2O4S. The highest BCUT2D eigenvalue weighted by Crippen LogP contribution is 2.31. The molecule has 1 heterocycles. The van der Waals surface area contributed by atoms with Crippen LogP contribution in [0, 0.1) is 5.82 Å². The van der Waals surface area contributed by atoms with Crippen molar-refractivity contribution in [3.8, 4) is 5.75 Å². The number of sulfonamides is 1. The van der Waals surface area contributed by atoms with Crippen molar-refractivity contribution in [1.82, 2.24) is 0 Å². The Balaban J connectivity index is 1.86. The van der Waals surface area contributed by atoms with E-state index in [-0.39, 0.29) is 28.5 Å². The van der Waals surface area contributed by atoms with Crippen LogP contribution in [0.2, 0.25) is 0 Å². The standard InChI is InChI=1S/C19H22BrFN2O4S/c1-12-10-23(11-13(2)27-12)17-6-5-15(9-16(17)21)22-28(24,25)19-8-14(20)4-7-18(19)26-3/h4-9,12-13,22H,10-11H2,1-3H3. The third kappa shape index (κ3) is 4.59. The van der Waals surface area contributed by atoms with E-state index in [0.717, 1.165) is 0 Å². The SMILES string of the molecule is COc1ccc(Br)cc1S(=O)(=O)Nc1ccc(N2CC(C)OC(C)C2)c(F)c1. The van der Waals surface area contributed by atoms with Crippen LogP contribution in [0.25, 0.3) is 0 Å². The summed E-state index contributed by atoms with van der Waals surface area (Å²) in [4.78, 5) is 1.87. The van der Waals surface area contributed by atoms with Crippen molar-refractivity contribution in [3.63, 3.8) is 0 Å². The minimum Gasteiger partial charge on any atom is -0.495 e. The molecule has 1 fully saturated rings.